The summed E-state index contributed by atoms with van der Waals surface area (Å²) in [5, 5.41) is 0. The van der Waals surface area contributed by atoms with Crippen LogP contribution in [0, 0.1) is 0 Å². The zero-order valence-electron chi connectivity index (χ0n) is 10.3. The zero-order valence-corrected chi connectivity index (χ0v) is 10.3. The van der Waals surface area contributed by atoms with Gasteiger partial charge in [0, 0.05) is 5.71 Å². The van der Waals surface area contributed by atoms with Crippen molar-refractivity contribution in [3.05, 3.63) is 65.7 Å². The van der Waals surface area contributed by atoms with Gasteiger partial charge in [0.15, 0.2) is 0 Å². The van der Waals surface area contributed by atoms with E-state index in [1.165, 1.54) is 6.07 Å². The Labute approximate surface area is 109 Å². The highest BCUT2D eigenvalue weighted by molar-refractivity contribution is 6.00. The summed E-state index contributed by atoms with van der Waals surface area (Å²) >= 11 is 0. The van der Waals surface area contributed by atoms with Gasteiger partial charge in [-0.05, 0) is 30.7 Å². The maximum absolute atomic E-state index is 12.6. The van der Waals surface area contributed by atoms with Crippen molar-refractivity contribution in [1.29, 1.82) is 0 Å². The van der Waals surface area contributed by atoms with E-state index in [1.54, 1.807) is 13.0 Å². The fourth-order valence-electron chi connectivity index (χ4n) is 1.69. The Hall–Kier alpha value is -2.10. The van der Waals surface area contributed by atoms with Crippen molar-refractivity contribution >= 4 is 11.4 Å². The molecule has 0 radical (unpaired) electrons. The van der Waals surface area contributed by atoms with E-state index in [1.807, 2.05) is 30.3 Å². The summed E-state index contributed by atoms with van der Waals surface area (Å²) < 4.78 is 37.7. The van der Waals surface area contributed by atoms with Crippen molar-refractivity contribution in [2.45, 2.75) is 13.1 Å². The van der Waals surface area contributed by atoms with Gasteiger partial charge >= 0.3 is 6.18 Å². The van der Waals surface area contributed by atoms with Crippen LogP contribution in [-0.2, 0) is 6.18 Å². The van der Waals surface area contributed by atoms with Gasteiger partial charge in [-0.3, -0.25) is 4.99 Å². The number of aliphatic imine (C=N–C) groups is 1. The number of benzene rings is 2. The molecule has 0 N–H and O–H groups in total. The molecule has 0 spiro atoms. The Morgan fingerprint density at radius 1 is 0.947 bits per heavy atom. The highest BCUT2D eigenvalue weighted by Crippen LogP contribution is 2.31. The monoisotopic (exact) mass is 263 g/mol. The van der Waals surface area contributed by atoms with Crippen LogP contribution in [0.2, 0.25) is 0 Å². The molecule has 0 aliphatic carbocycles. The Kier molecular flexibility index (Phi) is 3.69. The molecule has 19 heavy (non-hydrogen) atoms. The molecule has 2 rings (SSSR count). The van der Waals surface area contributed by atoms with E-state index < -0.39 is 11.7 Å². The molecule has 0 aliphatic heterocycles. The van der Waals surface area contributed by atoms with Crippen molar-refractivity contribution < 1.29 is 13.2 Å². The number of hydrogen-bond donors (Lipinski definition) is 0. The van der Waals surface area contributed by atoms with Crippen LogP contribution in [0.1, 0.15) is 18.1 Å². The van der Waals surface area contributed by atoms with Crippen molar-refractivity contribution in [1.82, 2.24) is 0 Å². The van der Waals surface area contributed by atoms with Gasteiger partial charge in [-0.15, -0.1) is 0 Å². The van der Waals surface area contributed by atoms with Gasteiger partial charge in [-0.2, -0.15) is 13.2 Å². The smallest absolute Gasteiger partial charge is 0.253 e. The van der Waals surface area contributed by atoms with Gasteiger partial charge in [0.05, 0.1) is 11.3 Å². The molecule has 0 aromatic heterocycles. The second-order valence-corrected chi connectivity index (χ2v) is 4.11. The fraction of sp³-hybridized carbons (Fsp3) is 0.133. The highest BCUT2D eigenvalue weighted by Gasteiger charge is 2.30. The van der Waals surface area contributed by atoms with Gasteiger partial charge in [-0.1, -0.05) is 36.4 Å². The second kappa shape index (κ2) is 5.26. The van der Waals surface area contributed by atoms with Crippen LogP contribution >= 0.6 is 0 Å². The standard InChI is InChI=1S/C15H12F3N/c1-11(12-6-3-2-4-7-12)19-14-9-5-8-13(10-14)15(16,17)18/h2-10H,1H3. The van der Waals surface area contributed by atoms with Crippen LogP contribution in [0.5, 0.6) is 0 Å². The summed E-state index contributed by atoms with van der Waals surface area (Å²) in [6, 6.07) is 14.3. The minimum absolute atomic E-state index is 0.302. The summed E-state index contributed by atoms with van der Waals surface area (Å²) in [5.41, 5.74) is 1.19. The largest absolute Gasteiger partial charge is 0.416 e. The first-order chi connectivity index (χ1) is 8.97. The third kappa shape index (κ3) is 3.44. The fourth-order valence-corrected chi connectivity index (χ4v) is 1.69. The van der Waals surface area contributed by atoms with Gasteiger partial charge in [0.25, 0.3) is 0 Å². The highest BCUT2D eigenvalue weighted by atomic mass is 19.4. The van der Waals surface area contributed by atoms with E-state index in [0.29, 0.717) is 11.4 Å². The number of hydrogen-bond acceptors (Lipinski definition) is 1. The lowest BCUT2D eigenvalue weighted by Gasteiger charge is -2.07. The first-order valence-electron chi connectivity index (χ1n) is 5.75. The summed E-state index contributed by atoms with van der Waals surface area (Å²) in [7, 11) is 0. The van der Waals surface area contributed by atoms with E-state index in [4.69, 9.17) is 0 Å². The summed E-state index contributed by atoms with van der Waals surface area (Å²) in [6.45, 7) is 1.77. The Morgan fingerprint density at radius 3 is 2.26 bits per heavy atom. The average Bonchev–Trinajstić information content (AvgIpc) is 2.39. The van der Waals surface area contributed by atoms with Crippen molar-refractivity contribution in [2.75, 3.05) is 0 Å². The summed E-state index contributed by atoms with van der Waals surface area (Å²) in [4.78, 5) is 4.22. The van der Waals surface area contributed by atoms with E-state index in [-0.39, 0.29) is 0 Å². The van der Waals surface area contributed by atoms with Crippen LogP contribution in [0.3, 0.4) is 0 Å². The van der Waals surface area contributed by atoms with Crippen LogP contribution in [0.4, 0.5) is 18.9 Å². The van der Waals surface area contributed by atoms with Gasteiger partial charge < -0.3 is 0 Å². The third-order valence-electron chi connectivity index (χ3n) is 2.66. The molecule has 0 heterocycles. The molecule has 0 amide bonds. The predicted molar refractivity (Wildman–Crippen MR) is 69.8 cm³/mol. The maximum Gasteiger partial charge on any atom is 0.416 e. The molecule has 1 nitrogen and oxygen atoms in total. The Morgan fingerprint density at radius 2 is 1.63 bits per heavy atom. The number of alkyl halides is 3. The normalized spacial score (nSPS) is 12.5. The van der Waals surface area contributed by atoms with E-state index in [9.17, 15) is 13.2 Å². The number of halogens is 3. The SMILES string of the molecule is CC(=Nc1cccc(C(F)(F)F)c1)c1ccccc1. The molecule has 0 bridgehead atoms. The van der Waals surface area contributed by atoms with Crippen molar-refractivity contribution in [3.8, 4) is 0 Å². The predicted octanol–water partition coefficient (Wildman–Crippen LogP) is 4.85. The number of nitrogens with zero attached hydrogens (tertiary/aromatic N) is 1. The topological polar surface area (TPSA) is 12.4 Å². The molecule has 0 unspecified atom stereocenters. The van der Waals surface area contributed by atoms with E-state index >= 15 is 0 Å². The quantitative estimate of drug-likeness (QED) is 0.687. The lowest BCUT2D eigenvalue weighted by Crippen LogP contribution is -2.04. The summed E-state index contributed by atoms with van der Waals surface area (Å²) in [6.07, 6.45) is -4.34. The number of rotatable bonds is 2. The molecule has 0 saturated heterocycles. The van der Waals surface area contributed by atoms with Gasteiger partial charge in [0.2, 0.25) is 0 Å². The van der Waals surface area contributed by atoms with Crippen LogP contribution in [0.15, 0.2) is 59.6 Å². The average molecular weight is 263 g/mol. The van der Waals surface area contributed by atoms with Gasteiger partial charge in [-0.25, -0.2) is 0 Å². The Balaban J connectivity index is 2.33. The first kappa shape index (κ1) is 13.3. The molecule has 0 aliphatic rings. The summed E-state index contributed by atoms with van der Waals surface area (Å²) in [5.74, 6) is 0. The lowest BCUT2D eigenvalue weighted by atomic mass is 10.1. The Bertz CT molecular complexity index is 586. The van der Waals surface area contributed by atoms with E-state index in [0.717, 1.165) is 17.7 Å². The van der Waals surface area contributed by atoms with Crippen LogP contribution in [-0.4, -0.2) is 5.71 Å². The molecular weight excluding hydrogens is 251 g/mol. The second-order valence-electron chi connectivity index (χ2n) is 4.11. The molecular formula is C15H12F3N. The van der Waals surface area contributed by atoms with Crippen molar-refractivity contribution in [3.63, 3.8) is 0 Å². The van der Waals surface area contributed by atoms with Crippen LogP contribution in [0.25, 0.3) is 0 Å². The minimum atomic E-state index is -4.34. The minimum Gasteiger partial charge on any atom is -0.253 e. The maximum atomic E-state index is 12.6. The molecule has 2 aromatic rings. The van der Waals surface area contributed by atoms with Gasteiger partial charge in [0.1, 0.15) is 0 Å². The molecule has 0 atom stereocenters. The molecule has 0 fully saturated rings. The molecule has 0 saturated carbocycles. The first-order valence-corrected chi connectivity index (χ1v) is 5.75. The lowest BCUT2D eigenvalue weighted by molar-refractivity contribution is -0.137. The zero-order chi connectivity index (χ0) is 13.9. The third-order valence-corrected chi connectivity index (χ3v) is 2.66. The van der Waals surface area contributed by atoms with Crippen molar-refractivity contribution in [2.24, 2.45) is 4.99 Å². The van der Waals surface area contributed by atoms with E-state index in [2.05, 4.69) is 4.99 Å². The van der Waals surface area contributed by atoms with Crippen LogP contribution < -0.4 is 0 Å². The molecule has 98 valence electrons. The molecule has 4 heteroatoms. The molecule has 2 aromatic carbocycles.